The van der Waals surface area contributed by atoms with Gasteiger partial charge in [0.25, 0.3) is 0 Å². The SMILES string of the molecule is CC(C)(c1cn[nH]c1-c1ccccc1)C1(N)CC1. The molecule has 0 atom stereocenters. The Kier molecular flexibility index (Phi) is 2.35. The second kappa shape index (κ2) is 3.69. The summed E-state index contributed by atoms with van der Waals surface area (Å²) in [6.45, 7) is 4.44. The molecule has 0 unspecified atom stereocenters. The number of aromatic nitrogens is 2. The quantitative estimate of drug-likeness (QED) is 0.868. The van der Waals surface area contributed by atoms with Crippen LogP contribution in [0.3, 0.4) is 0 Å². The summed E-state index contributed by atoms with van der Waals surface area (Å²) in [5, 5.41) is 7.35. The summed E-state index contributed by atoms with van der Waals surface area (Å²) in [5.74, 6) is 0. The highest BCUT2D eigenvalue weighted by atomic mass is 15.1. The molecule has 3 rings (SSSR count). The van der Waals surface area contributed by atoms with Crippen LogP contribution < -0.4 is 5.73 Å². The lowest BCUT2D eigenvalue weighted by Crippen LogP contribution is -2.43. The van der Waals surface area contributed by atoms with E-state index < -0.39 is 0 Å². The highest BCUT2D eigenvalue weighted by Gasteiger charge is 2.53. The minimum atomic E-state index is -0.0690. The van der Waals surface area contributed by atoms with Crippen molar-refractivity contribution < 1.29 is 0 Å². The molecule has 1 fully saturated rings. The first kappa shape index (κ1) is 11.5. The van der Waals surface area contributed by atoms with Crippen LogP contribution in [0, 0.1) is 0 Å². The van der Waals surface area contributed by atoms with Crippen molar-refractivity contribution in [3.63, 3.8) is 0 Å². The third-order valence-corrected chi connectivity index (χ3v) is 4.41. The van der Waals surface area contributed by atoms with Gasteiger partial charge >= 0.3 is 0 Å². The lowest BCUT2D eigenvalue weighted by atomic mass is 9.75. The van der Waals surface area contributed by atoms with Crippen LogP contribution in [0.2, 0.25) is 0 Å². The van der Waals surface area contributed by atoms with E-state index in [0.717, 1.165) is 18.5 Å². The third-order valence-electron chi connectivity index (χ3n) is 4.41. The largest absolute Gasteiger partial charge is 0.324 e. The van der Waals surface area contributed by atoms with Crippen molar-refractivity contribution in [3.05, 3.63) is 42.1 Å². The van der Waals surface area contributed by atoms with Crippen LogP contribution in [-0.4, -0.2) is 15.7 Å². The normalized spacial score (nSPS) is 17.7. The second-order valence-corrected chi connectivity index (χ2v) is 5.81. The number of H-pyrrole nitrogens is 1. The van der Waals surface area contributed by atoms with Crippen LogP contribution in [0.4, 0.5) is 0 Å². The van der Waals surface area contributed by atoms with Gasteiger partial charge in [0, 0.05) is 16.5 Å². The Morgan fingerprint density at radius 1 is 1.22 bits per heavy atom. The zero-order valence-electron chi connectivity index (χ0n) is 10.9. The Hall–Kier alpha value is -1.61. The van der Waals surface area contributed by atoms with E-state index in [1.165, 1.54) is 11.1 Å². The van der Waals surface area contributed by atoms with Gasteiger partial charge in [-0.05, 0) is 18.4 Å². The maximum absolute atomic E-state index is 6.42. The molecule has 1 aromatic heterocycles. The molecule has 1 aliphatic carbocycles. The van der Waals surface area contributed by atoms with Gasteiger partial charge in [0.1, 0.15) is 0 Å². The number of benzene rings is 1. The van der Waals surface area contributed by atoms with Crippen LogP contribution in [0.15, 0.2) is 36.5 Å². The number of nitrogens with zero attached hydrogens (tertiary/aromatic N) is 1. The topological polar surface area (TPSA) is 54.7 Å². The predicted octanol–water partition coefficient (Wildman–Crippen LogP) is 2.85. The number of hydrogen-bond donors (Lipinski definition) is 2. The average molecular weight is 241 g/mol. The molecular formula is C15H19N3. The molecule has 1 aliphatic rings. The molecule has 0 spiro atoms. The van der Waals surface area contributed by atoms with Crippen molar-refractivity contribution in [1.82, 2.24) is 10.2 Å². The molecule has 1 saturated carbocycles. The molecule has 0 aliphatic heterocycles. The monoisotopic (exact) mass is 241 g/mol. The van der Waals surface area contributed by atoms with E-state index >= 15 is 0 Å². The van der Waals surface area contributed by atoms with Gasteiger partial charge in [-0.15, -0.1) is 0 Å². The number of rotatable bonds is 3. The Morgan fingerprint density at radius 3 is 2.50 bits per heavy atom. The predicted molar refractivity (Wildman–Crippen MR) is 73.2 cm³/mol. The van der Waals surface area contributed by atoms with E-state index in [9.17, 15) is 0 Å². The summed E-state index contributed by atoms with van der Waals surface area (Å²) in [6, 6.07) is 10.3. The first-order valence-corrected chi connectivity index (χ1v) is 6.43. The Labute approximate surface area is 107 Å². The summed E-state index contributed by atoms with van der Waals surface area (Å²) in [6.07, 6.45) is 4.12. The Morgan fingerprint density at radius 2 is 1.89 bits per heavy atom. The van der Waals surface area contributed by atoms with E-state index in [0.29, 0.717) is 0 Å². The van der Waals surface area contributed by atoms with Gasteiger partial charge in [0.2, 0.25) is 0 Å². The van der Waals surface area contributed by atoms with Crippen LogP contribution in [-0.2, 0) is 5.41 Å². The van der Waals surface area contributed by atoms with Gasteiger partial charge in [0.15, 0.2) is 0 Å². The zero-order valence-corrected chi connectivity index (χ0v) is 10.9. The lowest BCUT2D eigenvalue weighted by Gasteiger charge is -2.32. The van der Waals surface area contributed by atoms with Crippen LogP contribution in [0.1, 0.15) is 32.3 Å². The van der Waals surface area contributed by atoms with Gasteiger partial charge in [0.05, 0.1) is 11.9 Å². The Bertz CT molecular complexity index is 550. The molecule has 1 heterocycles. The standard InChI is InChI=1S/C15H19N3/c1-14(2,15(16)8-9-15)12-10-17-18-13(12)11-6-4-3-5-7-11/h3-7,10H,8-9,16H2,1-2H3,(H,17,18). The lowest BCUT2D eigenvalue weighted by molar-refractivity contribution is 0.392. The van der Waals surface area contributed by atoms with Crippen molar-refractivity contribution in [1.29, 1.82) is 0 Å². The number of nitrogens with two attached hydrogens (primary N) is 1. The summed E-state index contributed by atoms with van der Waals surface area (Å²) in [7, 11) is 0. The fourth-order valence-corrected chi connectivity index (χ4v) is 2.61. The first-order chi connectivity index (χ1) is 8.55. The van der Waals surface area contributed by atoms with Crippen LogP contribution >= 0.6 is 0 Å². The smallest absolute Gasteiger partial charge is 0.0688 e. The van der Waals surface area contributed by atoms with Crippen molar-refractivity contribution in [2.24, 2.45) is 5.73 Å². The van der Waals surface area contributed by atoms with Gasteiger partial charge in [-0.3, -0.25) is 5.10 Å². The van der Waals surface area contributed by atoms with Crippen molar-refractivity contribution in [3.8, 4) is 11.3 Å². The minimum Gasteiger partial charge on any atom is -0.324 e. The van der Waals surface area contributed by atoms with E-state index in [1.54, 1.807) is 0 Å². The molecule has 0 saturated heterocycles. The number of nitrogens with one attached hydrogen (secondary N) is 1. The van der Waals surface area contributed by atoms with Crippen molar-refractivity contribution >= 4 is 0 Å². The van der Waals surface area contributed by atoms with Crippen molar-refractivity contribution in [2.45, 2.75) is 37.6 Å². The maximum atomic E-state index is 6.42. The fraction of sp³-hybridized carbons (Fsp3) is 0.400. The average Bonchev–Trinajstić information content (AvgIpc) is 2.96. The highest BCUT2D eigenvalue weighted by molar-refractivity contribution is 5.64. The molecule has 0 bridgehead atoms. The van der Waals surface area contributed by atoms with E-state index in [-0.39, 0.29) is 11.0 Å². The molecular weight excluding hydrogens is 222 g/mol. The molecule has 0 amide bonds. The highest BCUT2D eigenvalue weighted by Crippen LogP contribution is 2.50. The summed E-state index contributed by atoms with van der Waals surface area (Å²) in [5.41, 5.74) is 9.78. The molecule has 94 valence electrons. The van der Waals surface area contributed by atoms with Crippen LogP contribution in [0.25, 0.3) is 11.3 Å². The van der Waals surface area contributed by atoms with Gasteiger partial charge < -0.3 is 5.73 Å². The molecule has 3 nitrogen and oxygen atoms in total. The molecule has 2 aromatic rings. The fourth-order valence-electron chi connectivity index (χ4n) is 2.61. The summed E-state index contributed by atoms with van der Waals surface area (Å²) in [4.78, 5) is 0. The minimum absolute atomic E-state index is 0.0504. The summed E-state index contributed by atoms with van der Waals surface area (Å²) >= 11 is 0. The van der Waals surface area contributed by atoms with E-state index in [2.05, 4.69) is 36.2 Å². The zero-order chi connectivity index (χ0) is 12.8. The molecule has 0 radical (unpaired) electrons. The molecule has 1 aromatic carbocycles. The number of aromatic amines is 1. The van der Waals surface area contributed by atoms with E-state index in [4.69, 9.17) is 5.73 Å². The first-order valence-electron chi connectivity index (χ1n) is 6.43. The number of hydrogen-bond acceptors (Lipinski definition) is 2. The Balaban J connectivity index is 2.08. The molecule has 3 heteroatoms. The third kappa shape index (κ3) is 1.58. The van der Waals surface area contributed by atoms with E-state index in [1.807, 2.05) is 24.4 Å². The van der Waals surface area contributed by atoms with Gasteiger partial charge in [-0.2, -0.15) is 5.10 Å². The summed E-state index contributed by atoms with van der Waals surface area (Å²) < 4.78 is 0. The van der Waals surface area contributed by atoms with Gasteiger partial charge in [-0.1, -0.05) is 44.2 Å². The maximum Gasteiger partial charge on any atom is 0.0688 e. The van der Waals surface area contributed by atoms with Crippen LogP contribution in [0.5, 0.6) is 0 Å². The van der Waals surface area contributed by atoms with Gasteiger partial charge in [-0.25, -0.2) is 0 Å². The molecule has 3 N–H and O–H groups in total. The second-order valence-electron chi connectivity index (χ2n) is 5.81. The molecule has 18 heavy (non-hydrogen) atoms. The van der Waals surface area contributed by atoms with Crippen molar-refractivity contribution in [2.75, 3.05) is 0 Å².